The maximum Gasteiger partial charge on any atom is 0.324 e. The number of fused-ring (bicyclic) bond motifs is 1. The quantitative estimate of drug-likeness (QED) is 0.374. The molecule has 4 rings (SSSR count). The number of para-hydroxylation sites is 1. The molecule has 0 unspecified atom stereocenters. The molecule has 0 aliphatic heterocycles. The van der Waals surface area contributed by atoms with Crippen molar-refractivity contribution in [2.75, 3.05) is 17.7 Å². The molecule has 7 nitrogen and oxygen atoms in total. The number of primary amides is 1. The van der Waals surface area contributed by atoms with E-state index in [1.54, 1.807) is 18.3 Å². The summed E-state index contributed by atoms with van der Waals surface area (Å²) in [5, 5.41) is 7.14. The minimum Gasteiger partial charge on any atom is -0.496 e. The number of ether oxygens (including phenoxy) is 1. The number of methoxy groups -OCH3 is 1. The van der Waals surface area contributed by atoms with Crippen LogP contribution in [0.5, 0.6) is 5.75 Å². The summed E-state index contributed by atoms with van der Waals surface area (Å²) < 4.78 is 6.24. The van der Waals surface area contributed by atoms with Crippen molar-refractivity contribution in [1.29, 1.82) is 0 Å². The molecular formula is C22H18N4O3S2. The van der Waals surface area contributed by atoms with Crippen molar-refractivity contribution in [3.05, 3.63) is 72.4 Å². The summed E-state index contributed by atoms with van der Waals surface area (Å²) in [5.74, 6) is -0.174. The highest BCUT2D eigenvalue weighted by Gasteiger charge is 2.14. The number of amides is 3. The molecule has 0 saturated carbocycles. The molecule has 3 amide bonds. The van der Waals surface area contributed by atoms with Gasteiger partial charge in [-0.3, -0.25) is 15.1 Å². The lowest BCUT2D eigenvalue weighted by molar-refractivity contribution is 0.0997. The summed E-state index contributed by atoms with van der Waals surface area (Å²) in [6.45, 7) is 0. The zero-order chi connectivity index (χ0) is 21.8. The largest absolute Gasteiger partial charge is 0.496 e. The Labute approximate surface area is 186 Å². The number of carbonyl (C=O) groups is 2. The predicted octanol–water partition coefficient (Wildman–Crippen LogP) is 5.20. The third-order valence-electron chi connectivity index (χ3n) is 4.35. The van der Waals surface area contributed by atoms with Crippen LogP contribution in [0.4, 0.5) is 15.5 Å². The Morgan fingerprint density at radius 2 is 1.87 bits per heavy atom. The summed E-state index contributed by atoms with van der Waals surface area (Å²) in [6.07, 6.45) is 1.70. The molecule has 0 aliphatic rings. The maximum atomic E-state index is 12.2. The highest BCUT2D eigenvalue weighted by Crippen LogP contribution is 2.39. The second kappa shape index (κ2) is 9.07. The molecule has 2 heterocycles. The van der Waals surface area contributed by atoms with Gasteiger partial charge in [-0.2, -0.15) is 0 Å². The molecule has 0 radical (unpaired) electrons. The monoisotopic (exact) mass is 450 g/mol. The lowest BCUT2D eigenvalue weighted by Gasteiger charge is -2.10. The van der Waals surface area contributed by atoms with E-state index in [0.29, 0.717) is 21.8 Å². The van der Waals surface area contributed by atoms with Crippen LogP contribution in [0.15, 0.2) is 76.0 Å². The van der Waals surface area contributed by atoms with Crippen molar-refractivity contribution in [2.45, 2.75) is 9.10 Å². The number of hydrogen-bond acceptors (Lipinski definition) is 6. The van der Waals surface area contributed by atoms with Crippen LogP contribution in [0.1, 0.15) is 10.4 Å². The molecule has 4 aromatic rings. The van der Waals surface area contributed by atoms with E-state index in [-0.39, 0.29) is 6.03 Å². The maximum absolute atomic E-state index is 12.2. The lowest BCUT2D eigenvalue weighted by Crippen LogP contribution is -2.18. The summed E-state index contributed by atoms with van der Waals surface area (Å²) in [6, 6.07) is 18.0. The number of anilines is 2. The molecule has 0 saturated heterocycles. The average Bonchev–Trinajstić information content (AvgIpc) is 3.20. The third-order valence-corrected chi connectivity index (χ3v) is 6.56. The summed E-state index contributed by atoms with van der Waals surface area (Å²) >= 11 is 2.96. The molecule has 9 heteroatoms. The molecular weight excluding hydrogens is 432 g/mol. The Morgan fingerprint density at radius 1 is 1.06 bits per heavy atom. The summed E-state index contributed by atoms with van der Waals surface area (Å²) in [7, 11) is 1.49. The van der Waals surface area contributed by atoms with Crippen molar-refractivity contribution in [3.63, 3.8) is 0 Å². The van der Waals surface area contributed by atoms with Crippen molar-refractivity contribution in [1.82, 2.24) is 4.98 Å². The summed E-state index contributed by atoms with van der Waals surface area (Å²) in [4.78, 5) is 29.3. The predicted molar refractivity (Wildman–Crippen MR) is 124 cm³/mol. The number of pyridine rings is 1. The Hall–Kier alpha value is -3.56. The van der Waals surface area contributed by atoms with Gasteiger partial charge in [-0.05, 0) is 36.4 Å². The van der Waals surface area contributed by atoms with Crippen LogP contribution in [0.2, 0.25) is 0 Å². The highest BCUT2D eigenvalue weighted by atomic mass is 32.2. The number of nitrogens with two attached hydrogens (primary N) is 1. The van der Waals surface area contributed by atoms with E-state index < -0.39 is 5.91 Å². The van der Waals surface area contributed by atoms with Crippen LogP contribution in [-0.4, -0.2) is 24.0 Å². The number of carbonyl (C=O) groups excluding carboxylic acids is 2. The fraction of sp³-hybridized carbons (Fsp3) is 0.0455. The molecule has 0 atom stereocenters. The van der Waals surface area contributed by atoms with Gasteiger partial charge >= 0.3 is 6.03 Å². The second-order valence-electron chi connectivity index (χ2n) is 6.41. The zero-order valence-corrected chi connectivity index (χ0v) is 18.0. The first kappa shape index (κ1) is 20.7. The van der Waals surface area contributed by atoms with Crippen molar-refractivity contribution < 1.29 is 14.3 Å². The van der Waals surface area contributed by atoms with Gasteiger partial charge in [0, 0.05) is 28.2 Å². The van der Waals surface area contributed by atoms with E-state index in [0.717, 1.165) is 20.2 Å². The van der Waals surface area contributed by atoms with Crippen LogP contribution in [0.3, 0.4) is 0 Å². The van der Waals surface area contributed by atoms with Crippen molar-refractivity contribution >= 4 is 56.6 Å². The molecule has 156 valence electrons. The van der Waals surface area contributed by atoms with Gasteiger partial charge in [0.1, 0.15) is 5.75 Å². The number of hydrogen-bond donors (Lipinski definition) is 3. The van der Waals surface area contributed by atoms with E-state index in [4.69, 9.17) is 10.5 Å². The molecule has 0 bridgehead atoms. The van der Waals surface area contributed by atoms with Crippen LogP contribution in [-0.2, 0) is 0 Å². The van der Waals surface area contributed by atoms with E-state index in [9.17, 15) is 9.59 Å². The summed E-state index contributed by atoms with van der Waals surface area (Å²) in [5.41, 5.74) is 7.22. The lowest BCUT2D eigenvalue weighted by atomic mass is 10.1. The zero-order valence-electron chi connectivity index (χ0n) is 16.4. The van der Waals surface area contributed by atoms with E-state index >= 15 is 0 Å². The van der Waals surface area contributed by atoms with Crippen LogP contribution >= 0.6 is 23.1 Å². The van der Waals surface area contributed by atoms with Crippen molar-refractivity contribution in [2.24, 2.45) is 5.73 Å². The van der Waals surface area contributed by atoms with Crippen LogP contribution in [0.25, 0.3) is 10.9 Å². The van der Waals surface area contributed by atoms with Gasteiger partial charge in [0.2, 0.25) is 0 Å². The Balaban J connectivity index is 1.53. The number of benzene rings is 2. The molecule has 2 aromatic heterocycles. The van der Waals surface area contributed by atoms with Crippen LogP contribution in [0, 0.1) is 0 Å². The van der Waals surface area contributed by atoms with Gasteiger partial charge in [-0.1, -0.05) is 30.0 Å². The smallest absolute Gasteiger partial charge is 0.324 e. The third kappa shape index (κ3) is 4.79. The highest BCUT2D eigenvalue weighted by molar-refractivity contribution is 8.01. The number of rotatable bonds is 6. The Bertz CT molecular complexity index is 1260. The molecule has 4 N–H and O–H groups in total. The molecule has 0 spiro atoms. The van der Waals surface area contributed by atoms with Gasteiger partial charge in [0.25, 0.3) is 5.91 Å². The molecule has 2 aromatic carbocycles. The number of nitrogens with one attached hydrogen (secondary N) is 2. The van der Waals surface area contributed by atoms with Gasteiger partial charge in [0.15, 0.2) is 0 Å². The first-order valence-electron chi connectivity index (χ1n) is 9.21. The van der Waals surface area contributed by atoms with E-state index in [1.165, 1.54) is 30.2 Å². The standard InChI is InChI=1S/C22H18N4O3S2/c1-29-17-12-16-14(11-15(17)21(23)27)18(9-10-24-16)30-20-8-7-19(31-20)26-22(28)25-13-5-3-2-4-6-13/h2-12H,1H3,(H2,23,27)(H2,25,26,28). The van der Waals surface area contributed by atoms with Gasteiger partial charge in [-0.15, -0.1) is 11.3 Å². The molecule has 0 fully saturated rings. The topological polar surface area (TPSA) is 106 Å². The molecule has 31 heavy (non-hydrogen) atoms. The molecule has 0 aliphatic carbocycles. The normalized spacial score (nSPS) is 10.6. The fourth-order valence-corrected chi connectivity index (χ4v) is 5.04. The van der Waals surface area contributed by atoms with Gasteiger partial charge in [-0.25, -0.2) is 4.79 Å². The number of aromatic nitrogens is 1. The first-order chi connectivity index (χ1) is 15.0. The Morgan fingerprint density at radius 3 is 2.61 bits per heavy atom. The minimum atomic E-state index is -0.564. The fourth-order valence-electron chi connectivity index (χ4n) is 2.95. The van der Waals surface area contributed by atoms with E-state index in [2.05, 4.69) is 15.6 Å². The van der Waals surface area contributed by atoms with Gasteiger partial charge < -0.3 is 15.8 Å². The SMILES string of the molecule is COc1cc2nccc(Sc3ccc(NC(=O)Nc4ccccc4)s3)c2cc1C(N)=O. The van der Waals surface area contributed by atoms with E-state index in [1.807, 2.05) is 48.5 Å². The minimum absolute atomic E-state index is 0.302. The second-order valence-corrected chi connectivity index (χ2v) is 8.83. The first-order valence-corrected chi connectivity index (χ1v) is 10.8. The number of urea groups is 1. The van der Waals surface area contributed by atoms with Crippen molar-refractivity contribution in [3.8, 4) is 5.75 Å². The number of thiophene rings is 1. The Kier molecular flexibility index (Phi) is 6.06. The van der Waals surface area contributed by atoms with Crippen LogP contribution < -0.4 is 21.1 Å². The van der Waals surface area contributed by atoms with Gasteiger partial charge in [0.05, 0.1) is 27.4 Å². The number of nitrogens with zero attached hydrogens (tertiary/aromatic N) is 1. The average molecular weight is 451 g/mol.